The second-order valence-corrected chi connectivity index (χ2v) is 10.4. The van der Waals surface area contributed by atoms with Gasteiger partial charge < -0.3 is 9.15 Å². The first-order chi connectivity index (χ1) is 21.5. The van der Waals surface area contributed by atoms with Crippen LogP contribution in [0.2, 0.25) is 5.02 Å². The number of nitrogens with zero attached hydrogens (tertiary/aromatic N) is 4. The van der Waals surface area contributed by atoms with Crippen LogP contribution in [0, 0.1) is 10.1 Å². The average molecular weight is 601 g/mol. The Hall–Kier alpha value is -5.80. The van der Waals surface area contributed by atoms with Crippen molar-refractivity contribution < 1.29 is 14.1 Å². The van der Waals surface area contributed by atoms with Crippen LogP contribution in [0.4, 0.5) is 5.69 Å². The van der Waals surface area contributed by atoms with Crippen molar-refractivity contribution >= 4 is 56.1 Å². The summed E-state index contributed by atoms with van der Waals surface area (Å²) in [6.45, 7) is 0.0480. The lowest BCUT2D eigenvalue weighted by Crippen LogP contribution is -2.20. The first-order valence-corrected chi connectivity index (χ1v) is 14.0. The van der Waals surface area contributed by atoms with Gasteiger partial charge >= 0.3 is 5.69 Å². The van der Waals surface area contributed by atoms with Crippen LogP contribution in [-0.4, -0.2) is 20.8 Å². The van der Waals surface area contributed by atoms with Gasteiger partial charge in [0.1, 0.15) is 12.2 Å². The number of halogens is 1. The van der Waals surface area contributed by atoms with Crippen LogP contribution in [0.5, 0.6) is 5.75 Å². The fraction of sp³-hybridized carbons (Fsp3) is 0.0294. The summed E-state index contributed by atoms with van der Waals surface area (Å²) in [5.41, 5.74) is 1.36. The zero-order valence-corrected chi connectivity index (χ0v) is 23.6. The molecule has 0 saturated carbocycles. The summed E-state index contributed by atoms with van der Waals surface area (Å²) in [5.74, 6) is 0.453. The molecule has 0 amide bonds. The molecule has 0 aliphatic carbocycles. The number of hydrogen-bond donors (Lipinski definition) is 0. The molecule has 0 atom stereocenters. The number of benzene rings is 5. The van der Waals surface area contributed by atoms with Crippen LogP contribution in [0.25, 0.3) is 44.2 Å². The number of fused-ring (bicyclic) bond motifs is 3. The minimum absolute atomic E-state index is 0.0387. The Bertz CT molecular complexity index is 2290. The summed E-state index contributed by atoms with van der Waals surface area (Å²) in [5, 5.41) is 19.8. The van der Waals surface area contributed by atoms with E-state index in [2.05, 4.69) is 5.10 Å². The molecule has 214 valence electrons. The normalized spacial score (nSPS) is 11.6. The van der Waals surface area contributed by atoms with Crippen LogP contribution < -0.4 is 10.3 Å². The van der Waals surface area contributed by atoms with Crippen LogP contribution in [0.15, 0.2) is 124 Å². The van der Waals surface area contributed by atoms with Crippen LogP contribution in [-0.2, 0) is 6.61 Å². The van der Waals surface area contributed by atoms with Gasteiger partial charge in [0.2, 0.25) is 11.6 Å². The zero-order chi connectivity index (χ0) is 30.2. The first-order valence-electron chi connectivity index (χ1n) is 13.6. The third-order valence-electron chi connectivity index (χ3n) is 7.22. The molecule has 0 aliphatic heterocycles. The van der Waals surface area contributed by atoms with Crippen molar-refractivity contribution in [2.45, 2.75) is 6.61 Å². The highest BCUT2D eigenvalue weighted by Gasteiger charge is 2.22. The topological polar surface area (TPSA) is 113 Å². The lowest BCUT2D eigenvalue weighted by molar-refractivity contribution is -0.385. The third kappa shape index (κ3) is 4.95. The maximum Gasteiger partial charge on any atom is 0.313 e. The summed E-state index contributed by atoms with van der Waals surface area (Å²) < 4.78 is 13.3. The lowest BCUT2D eigenvalue weighted by atomic mass is 10.1. The maximum absolute atomic E-state index is 13.7. The van der Waals surface area contributed by atoms with Crippen LogP contribution in [0.1, 0.15) is 11.1 Å². The number of ether oxygens (including phenoxy) is 1. The molecule has 10 heteroatoms. The van der Waals surface area contributed by atoms with Gasteiger partial charge in [-0.15, -0.1) is 0 Å². The van der Waals surface area contributed by atoms with E-state index in [1.165, 1.54) is 18.3 Å². The molecule has 0 aliphatic rings. The van der Waals surface area contributed by atoms with Crippen LogP contribution in [0.3, 0.4) is 0 Å². The molecule has 44 heavy (non-hydrogen) atoms. The van der Waals surface area contributed by atoms with Gasteiger partial charge in [0, 0.05) is 22.0 Å². The Morgan fingerprint density at radius 3 is 2.45 bits per heavy atom. The van der Waals surface area contributed by atoms with Crippen molar-refractivity contribution in [3.63, 3.8) is 0 Å². The minimum atomic E-state index is -0.564. The van der Waals surface area contributed by atoms with E-state index in [0.717, 1.165) is 26.4 Å². The van der Waals surface area contributed by atoms with Crippen molar-refractivity contribution in [3.05, 3.63) is 146 Å². The molecule has 0 spiro atoms. The summed E-state index contributed by atoms with van der Waals surface area (Å²) in [6, 6.07) is 32.4. The van der Waals surface area contributed by atoms with Crippen molar-refractivity contribution in [3.8, 4) is 17.3 Å². The number of nitro benzene ring substituents is 1. The molecule has 0 radical (unpaired) electrons. The standard InChI is InChI=1S/C34H21ClN4O5/c35-25-16-24(32(29(18-25)39(41)42)43-20-23-11-7-10-21-8-1-3-12-26(21)23)19-36-38-33(31-17-22-9-2-6-15-30(22)44-31)37-28-14-5-4-13-27(28)34(38)40/h1-19H,20H2. The SMILES string of the molecule is O=c1c2ccccc2nc(-c2cc3ccccc3o2)n1N=Cc1cc(Cl)cc([N+](=O)[O-])c1OCc1cccc2ccccc12. The van der Waals surface area contributed by atoms with Gasteiger partial charge in [0.25, 0.3) is 5.56 Å². The van der Waals surface area contributed by atoms with Gasteiger partial charge in [-0.1, -0.05) is 84.4 Å². The maximum atomic E-state index is 13.7. The number of rotatable bonds is 7. The Kier molecular flexibility index (Phi) is 6.84. The summed E-state index contributed by atoms with van der Waals surface area (Å²) in [6.07, 6.45) is 1.31. The highest BCUT2D eigenvalue weighted by atomic mass is 35.5. The van der Waals surface area contributed by atoms with Gasteiger partial charge in [0.15, 0.2) is 5.76 Å². The van der Waals surface area contributed by atoms with Gasteiger partial charge in [0.05, 0.1) is 22.0 Å². The lowest BCUT2D eigenvalue weighted by Gasteiger charge is -2.12. The summed E-state index contributed by atoms with van der Waals surface area (Å²) >= 11 is 6.31. The van der Waals surface area contributed by atoms with E-state index in [0.29, 0.717) is 22.2 Å². The Labute approximate surface area is 254 Å². The molecule has 0 fully saturated rings. The molecule has 9 nitrogen and oxygen atoms in total. The smallest absolute Gasteiger partial charge is 0.313 e. The number of hydrogen-bond acceptors (Lipinski definition) is 7. The van der Waals surface area contributed by atoms with E-state index in [4.69, 9.17) is 25.7 Å². The molecule has 0 saturated heterocycles. The fourth-order valence-corrected chi connectivity index (χ4v) is 5.38. The molecule has 0 bridgehead atoms. The van der Waals surface area contributed by atoms with Gasteiger partial charge in [-0.05, 0) is 46.7 Å². The molecule has 7 rings (SSSR count). The fourth-order valence-electron chi connectivity index (χ4n) is 5.16. The van der Waals surface area contributed by atoms with E-state index < -0.39 is 10.5 Å². The number of para-hydroxylation sites is 2. The van der Waals surface area contributed by atoms with E-state index in [-0.39, 0.29) is 34.5 Å². The quantitative estimate of drug-likeness (QED) is 0.104. The second-order valence-electron chi connectivity index (χ2n) is 9.99. The molecule has 0 unspecified atom stereocenters. The monoisotopic (exact) mass is 600 g/mol. The van der Waals surface area contributed by atoms with Crippen molar-refractivity contribution in [2.75, 3.05) is 0 Å². The molecule has 7 aromatic rings. The number of nitro groups is 1. The Balaban J connectivity index is 1.36. The van der Waals surface area contributed by atoms with E-state index >= 15 is 0 Å². The number of aromatic nitrogens is 2. The first kappa shape index (κ1) is 27.1. The van der Waals surface area contributed by atoms with Crippen molar-refractivity contribution in [2.24, 2.45) is 5.10 Å². The van der Waals surface area contributed by atoms with Crippen LogP contribution >= 0.6 is 11.6 Å². The highest BCUT2D eigenvalue weighted by Crippen LogP contribution is 2.35. The molecule has 0 N–H and O–H groups in total. The van der Waals surface area contributed by atoms with Crippen molar-refractivity contribution in [1.82, 2.24) is 9.66 Å². The largest absolute Gasteiger partial charge is 0.481 e. The van der Waals surface area contributed by atoms with Crippen molar-refractivity contribution in [1.29, 1.82) is 0 Å². The summed E-state index contributed by atoms with van der Waals surface area (Å²) in [4.78, 5) is 29.9. The Morgan fingerprint density at radius 1 is 0.909 bits per heavy atom. The van der Waals surface area contributed by atoms with Gasteiger partial charge in [-0.25, -0.2) is 4.98 Å². The minimum Gasteiger partial charge on any atom is -0.481 e. The highest BCUT2D eigenvalue weighted by molar-refractivity contribution is 6.31. The molecular formula is C34H21ClN4O5. The molecular weight excluding hydrogens is 580 g/mol. The average Bonchev–Trinajstić information content (AvgIpc) is 3.48. The second kappa shape index (κ2) is 11.1. The Morgan fingerprint density at radius 2 is 1.64 bits per heavy atom. The molecule has 2 heterocycles. The predicted octanol–water partition coefficient (Wildman–Crippen LogP) is 7.99. The van der Waals surface area contributed by atoms with Gasteiger partial charge in [-0.2, -0.15) is 9.78 Å². The molecule has 5 aromatic carbocycles. The molecule has 2 aromatic heterocycles. The van der Waals surface area contributed by atoms with E-state index in [1.54, 1.807) is 30.3 Å². The van der Waals surface area contributed by atoms with E-state index in [1.807, 2.05) is 66.7 Å². The van der Waals surface area contributed by atoms with E-state index in [9.17, 15) is 14.9 Å². The predicted molar refractivity (Wildman–Crippen MR) is 171 cm³/mol. The zero-order valence-electron chi connectivity index (χ0n) is 22.9. The van der Waals surface area contributed by atoms with Gasteiger partial charge in [-0.3, -0.25) is 14.9 Å². The third-order valence-corrected chi connectivity index (χ3v) is 7.44. The number of furan rings is 1. The summed E-state index contributed by atoms with van der Waals surface area (Å²) in [7, 11) is 0.